The van der Waals surface area contributed by atoms with Gasteiger partial charge in [0.2, 0.25) is 0 Å². The van der Waals surface area contributed by atoms with Crippen LogP contribution in [0.15, 0.2) is 18.2 Å². The number of rotatable bonds is 5. The van der Waals surface area contributed by atoms with Gasteiger partial charge in [-0.05, 0) is 18.2 Å². The first kappa shape index (κ1) is 11.5. The highest BCUT2D eigenvalue weighted by Crippen LogP contribution is 2.20. The van der Waals surface area contributed by atoms with E-state index in [0.29, 0.717) is 25.3 Å². The Balaban J connectivity index is 2.78. The van der Waals surface area contributed by atoms with Crippen molar-refractivity contribution in [1.29, 1.82) is 5.26 Å². The van der Waals surface area contributed by atoms with E-state index in [9.17, 15) is 0 Å². The fraction of sp³-hybridized carbons (Fsp3) is 0.364. The second kappa shape index (κ2) is 6.02. The molecule has 1 aromatic rings. The van der Waals surface area contributed by atoms with Gasteiger partial charge in [0.05, 0.1) is 32.0 Å². The van der Waals surface area contributed by atoms with Crippen molar-refractivity contribution in [2.75, 3.05) is 20.3 Å². The van der Waals surface area contributed by atoms with Crippen LogP contribution in [0.1, 0.15) is 11.1 Å². The molecule has 0 aliphatic carbocycles. The Morgan fingerprint density at radius 3 is 2.87 bits per heavy atom. The average molecular weight is 206 g/mol. The number of methoxy groups -OCH3 is 1. The van der Waals surface area contributed by atoms with Gasteiger partial charge >= 0.3 is 0 Å². The predicted octanol–water partition coefficient (Wildman–Crippen LogP) is 1.04. The van der Waals surface area contributed by atoms with Crippen LogP contribution in [0.2, 0.25) is 0 Å². The van der Waals surface area contributed by atoms with Gasteiger partial charge in [0.1, 0.15) is 5.75 Å². The van der Waals surface area contributed by atoms with Crippen molar-refractivity contribution >= 4 is 0 Å². The zero-order chi connectivity index (χ0) is 11.1. The van der Waals surface area contributed by atoms with Gasteiger partial charge in [0.15, 0.2) is 0 Å². The largest absolute Gasteiger partial charge is 0.496 e. The molecule has 0 spiro atoms. The molecule has 4 nitrogen and oxygen atoms in total. The Hall–Kier alpha value is -1.57. The monoisotopic (exact) mass is 206 g/mol. The minimum atomic E-state index is 0.413. The predicted molar refractivity (Wildman–Crippen MR) is 56.4 cm³/mol. The van der Waals surface area contributed by atoms with Crippen LogP contribution < -0.4 is 10.5 Å². The van der Waals surface area contributed by atoms with Crippen molar-refractivity contribution < 1.29 is 9.47 Å². The van der Waals surface area contributed by atoms with Crippen LogP contribution in [0.5, 0.6) is 5.75 Å². The minimum absolute atomic E-state index is 0.413. The van der Waals surface area contributed by atoms with Gasteiger partial charge in [0.25, 0.3) is 0 Å². The molecular formula is C11H14N2O2. The van der Waals surface area contributed by atoms with Gasteiger partial charge in [-0.1, -0.05) is 0 Å². The van der Waals surface area contributed by atoms with Crippen molar-refractivity contribution in [3.63, 3.8) is 0 Å². The Morgan fingerprint density at radius 2 is 2.27 bits per heavy atom. The Kier molecular flexibility index (Phi) is 4.61. The quantitative estimate of drug-likeness (QED) is 0.731. The molecule has 15 heavy (non-hydrogen) atoms. The Morgan fingerprint density at radius 1 is 1.47 bits per heavy atom. The summed E-state index contributed by atoms with van der Waals surface area (Å²) >= 11 is 0. The van der Waals surface area contributed by atoms with E-state index in [1.807, 2.05) is 0 Å². The molecule has 80 valence electrons. The fourth-order valence-corrected chi connectivity index (χ4v) is 1.23. The summed E-state index contributed by atoms with van der Waals surface area (Å²) in [6.45, 7) is 1.40. The lowest BCUT2D eigenvalue weighted by atomic mass is 10.1. The third kappa shape index (κ3) is 3.24. The number of benzene rings is 1. The van der Waals surface area contributed by atoms with Crippen LogP contribution in [0.25, 0.3) is 0 Å². The van der Waals surface area contributed by atoms with E-state index in [-0.39, 0.29) is 0 Å². The van der Waals surface area contributed by atoms with E-state index in [2.05, 4.69) is 6.07 Å². The summed E-state index contributed by atoms with van der Waals surface area (Å²) in [5, 5.41) is 8.75. The second-order valence-electron chi connectivity index (χ2n) is 2.98. The zero-order valence-corrected chi connectivity index (χ0v) is 8.69. The third-order valence-corrected chi connectivity index (χ3v) is 1.93. The standard InChI is InChI=1S/C11H14N2O2/c1-14-11-3-2-9(7-13)6-10(11)8-15-5-4-12/h2-3,6H,4-5,8,12H2,1H3. The van der Waals surface area contributed by atoms with Crippen LogP contribution >= 0.6 is 0 Å². The average Bonchev–Trinajstić information content (AvgIpc) is 2.29. The summed E-state index contributed by atoms with van der Waals surface area (Å²) in [6.07, 6.45) is 0. The number of nitrogens with zero attached hydrogens (tertiary/aromatic N) is 1. The summed E-state index contributed by atoms with van der Waals surface area (Å²) < 4.78 is 10.5. The summed E-state index contributed by atoms with van der Waals surface area (Å²) in [7, 11) is 1.59. The molecule has 0 aliphatic heterocycles. The maximum Gasteiger partial charge on any atom is 0.124 e. The molecule has 1 aromatic carbocycles. The molecule has 0 aliphatic rings. The fourth-order valence-electron chi connectivity index (χ4n) is 1.23. The van der Waals surface area contributed by atoms with Gasteiger partial charge in [-0.25, -0.2) is 0 Å². The molecule has 0 radical (unpaired) electrons. The van der Waals surface area contributed by atoms with E-state index < -0.39 is 0 Å². The highest BCUT2D eigenvalue weighted by molar-refractivity contribution is 5.41. The van der Waals surface area contributed by atoms with Crippen LogP contribution in [-0.2, 0) is 11.3 Å². The van der Waals surface area contributed by atoms with E-state index in [0.717, 1.165) is 11.3 Å². The van der Waals surface area contributed by atoms with Crippen molar-refractivity contribution in [3.05, 3.63) is 29.3 Å². The molecule has 0 fully saturated rings. The number of nitrogens with two attached hydrogens (primary N) is 1. The third-order valence-electron chi connectivity index (χ3n) is 1.93. The van der Waals surface area contributed by atoms with Crippen molar-refractivity contribution in [2.45, 2.75) is 6.61 Å². The topological polar surface area (TPSA) is 68.3 Å². The zero-order valence-electron chi connectivity index (χ0n) is 8.69. The van der Waals surface area contributed by atoms with E-state index in [1.165, 1.54) is 0 Å². The molecule has 0 saturated heterocycles. The summed E-state index contributed by atoms with van der Waals surface area (Å²) in [4.78, 5) is 0. The lowest BCUT2D eigenvalue weighted by Gasteiger charge is -2.08. The SMILES string of the molecule is COc1ccc(C#N)cc1COCCN. The lowest BCUT2D eigenvalue weighted by Crippen LogP contribution is -2.08. The first-order valence-electron chi connectivity index (χ1n) is 4.66. The first-order valence-corrected chi connectivity index (χ1v) is 4.66. The Labute approximate surface area is 89.2 Å². The maximum absolute atomic E-state index is 8.75. The number of hydrogen-bond donors (Lipinski definition) is 1. The molecule has 0 aromatic heterocycles. The van der Waals surface area contributed by atoms with Crippen molar-refractivity contribution in [2.24, 2.45) is 5.73 Å². The second-order valence-corrected chi connectivity index (χ2v) is 2.98. The normalized spacial score (nSPS) is 9.67. The number of hydrogen-bond acceptors (Lipinski definition) is 4. The molecular weight excluding hydrogens is 192 g/mol. The van der Waals surface area contributed by atoms with E-state index >= 15 is 0 Å². The van der Waals surface area contributed by atoms with Crippen LogP contribution in [0.3, 0.4) is 0 Å². The van der Waals surface area contributed by atoms with Crippen molar-refractivity contribution in [1.82, 2.24) is 0 Å². The number of ether oxygens (including phenoxy) is 2. The van der Waals surface area contributed by atoms with Crippen molar-refractivity contribution in [3.8, 4) is 11.8 Å². The molecule has 2 N–H and O–H groups in total. The van der Waals surface area contributed by atoms with Gasteiger partial charge in [0, 0.05) is 12.1 Å². The molecule has 0 saturated carbocycles. The van der Waals surface area contributed by atoms with Gasteiger partial charge in [-0.3, -0.25) is 0 Å². The Bertz CT molecular complexity index is 358. The molecule has 0 heterocycles. The highest BCUT2D eigenvalue weighted by Gasteiger charge is 2.04. The summed E-state index contributed by atoms with van der Waals surface area (Å²) in [6, 6.07) is 7.31. The molecule has 0 amide bonds. The van der Waals surface area contributed by atoms with Gasteiger partial charge < -0.3 is 15.2 Å². The maximum atomic E-state index is 8.75. The molecule has 4 heteroatoms. The molecule has 0 bridgehead atoms. The molecule has 0 unspecified atom stereocenters. The lowest BCUT2D eigenvalue weighted by molar-refractivity contribution is 0.126. The summed E-state index contributed by atoms with van der Waals surface area (Å²) in [5.41, 5.74) is 6.78. The molecule has 0 atom stereocenters. The minimum Gasteiger partial charge on any atom is -0.496 e. The van der Waals surface area contributed by atoms with Gasteiger partial charge in [-0.15, -0.1) is 0 Å². The summed E-state index contributed by atoms with van der Waals surface area (Å²) in [5.74, 6) is 0.728. The highest BCUT2D eigenvalue weighted by atomic mass is 16.5. The van der Waals surface area contributed by atoms with E-state index in [1.54, 1.807) is 25.3 Å². The van der Waals surface area contributed by atoms with Crippen LogP contribution in [0.4, 0.5) is 0 Å². The first-order chi connectivity index (χ1) is 7.31. The van der Waals surface area contributed by atoms with Gasteiger partial charge in [-0.2, -0.15) is 5.26 Å². The van der Waals surface area contributed by atoms with Crippen LogP contribution in [0, 0.1) is 11.3 Å². The number of nitriles is 1. The molecule has 1 rings (SSSR count). The van der Waals surface area contributed by atoms with Crippen LogP contribution in [-0.4, -0.2) is 20.3 Å². The van der Waals surface area contributed by atoms with E-state index in [4.69, 9.17) is 20.5 Å². The smallest absolute Gasteiger partial charge is 0.124 e.